The molecule has 0 spiro atoms. The first-order chi connectivity index (χ1) is 8.20. The van der Waals surface area contributed by atoms with E-state index in [2.05, 4.69) is 15.3 Å². The van der Waals surface area contributed by atoms with E-state index in [9.17, 15) is 10.1 Å². The average Bonchev–Trinajstić information content (AvgIpc) is 2.33. The first-order valence-electron chi connectivity index (χ1n) is 5.09. The zero-order valence-corrected chi connectivity index (χ0v) is 9.71. The van der Waals surface area contributed by atoms with Crippen LogP contribution in [-0.2, 0) is 0 Å². The Morgan fingerprint density at radius 1 is 1.59 bits per heavy atom. The molecule has 0 aromatic carbocycles. The Hall–Kier alpha value is -2.18. The van der Waals surface area contributed by atoms with Crippen molar-refractivity contribution in [2.45, 2.75) is 13.3 Å². The summed E-state index contributed by atoms with van der Waals surface area (Å²) in [5.74, 6) is 0.130. The second-order valence-corrected chi connectivity index (χ2v) is 3.12. The molecule has 92 valence electrons. The molecule has 0 radical (unpaired) electrons. The number of aromatic nitrogens is 2. The lowest BCUT2D eigenvalue weighted by Gasteiger charge is -2.06. The van der Waals surface area contributed by atoms with Crippen LogP contribution >= 0.6 is 0 Å². The van der Waals surface area contributed by atoms with E-state index in [0.717, 1.165) is 6.42 Å². The summed E-state index contributed by atoms with van der Waals surface area (Å²) >= 11 is 0. The van der Waals surface area contributed by atoms with Crippen LogP contribution < -0.4 is 10.1 Å². The minimum atomic E-state index is -0.559. The molecule has 0 saturated heterocycles. The molecule has 0 atom stereocenters. The van der Waals surface area contributed by atoms with Crippen LogP contribution in [0.2, 0.25) is 0 Å². The molecule has 1 aromatic rings. The molecule has 0 fully saturated rings. The van der Waals surface area contributed by atoms with E-state index >= 15 is 0 Å². The highest BCUT2D eigenvalue weighted by molar-refractivity contribution is 5.60. The topological polar surface area (TPSA) is 90.2 Å². The number of rotatable bonds is 6. The van der Waals surface area contributed by atoms with Gasteiger partial charge in [-0.25, -0.2) is 4.98 Å². The predicted octanol–water partition coefficient (Wildman–Crippen LogP) is 1.77. The van der Waals surface area contributed by atoms with Gasteiger partial charge in [0.05, 0.1) is 12.0 Å². The number of methoxy groups -OCH3 is 1. The fourth-order valence-electron chi connectivity index (χ4n) is 1.25. The Kier molecular flexibility index (Phi) is 4.86. The monoisotopic (exact) mass is 238 g/mol. The van der Waals surface area contributed by atoms with Gasteiger partial charge in [0.1, 0.15) is 6.33 Å². The number of nitrogens with zero attached hydrogens (tertiary/aromatic N) is 3. The highest BCUT2D eigenvalue weighted by Gasteiger charge is 2.23. The lowest BCUT2D eigenvalue weighted by atomic mass is 10.3. The standard InChI is InChI=1S/C10H14N4O3/c1-3-4-5-6-11-9-8(14(15)16)10(17-2)13-7-12-9/h3-4,7H,5-6H2,1-2H3,(H,11,12,13)/b4-3+. The molecule has 0 aliphatic rings. The van der Waals surface area contributed by atoms with Crippen molar-refractivity contribution in [3.8, 4) is 5.88 Å². The van der Waals surface area contributed by atoms with Gasteiger partial charge in [0.25, 0.3) is 5.88 Å². The van der Waals surface area contributed by atoms with Crippen LogP contribution in [0.15, 0.2) is 18.5 Å². The van der Waals surface area contributed by atoms with E-state index < -0.39 is 4.92 Å². The van der Waals surface area contributed by atoms with Crippen molar-refractivity contribution in [3.05, 3.63) is 28.6 Å². The van der Waals surface area contributed by atoms with Crippen molar-refractivity contribution in [3.63, 3.8) is 0 Å². The summed E-state index contributed by atoms with van der Waals surface area (Å²) in [5.41, 5.74) is -0.240. The van der Waals surface area contributed by atoms with Gasteiger partial charge < -0.3 is 10.1 Å². The molecule has 7 nitrogen and oxygen atoms in total. The first kappa shape index (κ1) is 12.9. The molecular weight excluding hydrogens is 224 g/mol. The van der Waals surface area contributed by atoms with Crippen LogP contribution in [0.5, 0.6) is 5.88 Å². The molecule has 0 amide bonds. The number of allylic oxidation sites excluding steroid dienone is 1. The van der Waals surface area contributed by atoms with Crippen molar-refractivity contribution in [1.29, 1.82) is 0 Å². The Balaban J connectivity index is 2.86. The summed E-state index contributed by atoms with van der Waals surface area (Å²) in [4.78, 5) is 17.9. The lowest BCUT2D eigenvalue weighted by molar-refractivity contribution is -0.385. The Morgan fingerprint density at radius 3 is 2.94 bits per heavy atom. The minimum absolute atomic E-state index is 0.0430. The third kappa shape index (κ3) is 3.40. The minimum Gasteiger partial charge on any atom is -0.476 e. The Morgan fingerprint density at radius 2 is 2.35 bits per heavy atom. The second-order valence-electron chi connectivity index (χ2n) is 3.12. The van der Waals surface area contributed by atoms with Crippen molar-refractivity contribution in [2.24, 2.45) is 0 Å². The molecule has 7 heteroatoms. The Bertz CT molecular complexity index is 420. The van der Waals surface area contributed by atoms with Crippen molar-refractivity contribution >= 4 is 11.5 Å². The van der Waals surface area contributed by atoms with Gasteiger partial charge in [0, 0.05) is 6.54 Å². The second kappa shape index (κ2) is 6.41. The quantitative estimate of drug-likeness (QED) is 0.351. The van der Waals surface area contributed by atoms with Gasteiger partial charge in [0.15, 0.2) is 0 Å². The summed E-state index contributed by atoms with van der Waals surface area (Å²) in [5, 5.41) is 13.8. The van der Waals surface area contributed by atoms with E-state index in [-0.39, 0.29) is 17.4 Å². The fourth-order valence-corrected chi connectivity index (χ4v) is 1.25. The highest BCUT2D eigenvalue weighted by atomic mass is 16.6. The molecule has 0 unspecified atom stereocenters. The molecule has 0 saturated carbocycles. The zero-order valence-electron chi connectivity index (χ0n) is 9.71. The molecule has 1 N–H and O–H groups in total. The number of hydrogen-bond acceptors (Lipinski definition) is 6. The third-order valence-corrected chi connectivity index (χ3v) is 2.00. The maximum absolute atomic E-state index is 10.9. The SMILES string of the molecule is C/C=C/CCNc1ncnc(OC)c1[N+](=O)[O-]. The zero-order chi connectivity index (χ0) is 12.7. The lowest BCUT2D eigenvalue weighted by Crippen LogP contribution is -2.07. The molecule has 1 heterocycles. The van der Waals surface area contributed by atoms with Gasteiger partial charge in [0.2, 0.25) is 5.82 Å². The molecule has 0 aliphatic heterocycles. The number of hydrogen-bond donors (Lipinski definition) is 1. The van der Waals surface area contributed by atoms with Crippen LogP contribution in [0, 0.1) is 10.1 Å². The van der Waals surface area contributed by atoms with Crippen LogP contribution in [0.25, 0.3) is 0 Å². The molecular formula is C10H14N4O3. The van der Waals surface area contributed by atoms with Crippen molar-refractivity contribution in [2.75, 3.05) is 19.0 Å². The Labute approximate surface area is 98.7 Å². The maximum Gasteiger partial charge on any atom is 0.372 e. The van der Waals surface area contributed by atoms with Crippen molar-refractivity contribution < 1.29 is 9.66 Å². The fraction of sp³-hybridized carbons (Fsp3) is 0.400. The maximum atomic E-state index is 10.9. The van der Waals surface area contributed by atoms with E-state index in [1.165, 1.54) is 13.4 Å². The van der Waals surface area contributed by atoms with E-state index in [1.807, 2.05) is 19.1 Å². The van der Waals surface area contributed by atoms with E-state index in [4.69, 9.17) is 4.74 Å². The molecule has 1 aromatic heterocycles. The summed E-state index contributed by atoms with van der Waals surface area (Å²) in [6.07, 6.45) is 5.86. The van der Waals surface area contributed by atoms with Gasteiger partial charge in [-0.05, 0) is 13.3 Å². The van der Waals surface area contributed by atoms with Gasteiger partial charge >= 0.3 is 5.69 Å². The van der Waals surface area contributed by atoms with E-state index in [1.54, 1.807) is 0 Å². The predicted molar refractivity (Wildman–Crippen MR) is 63.2 cm³/mol. The number of nitrogens with one attached hydrogen (secondary N) is 1. The van der Waals surface area contributed by atoms with Gasteiger partial charge in [-0.2, -0.15) is 4.98 Å². The summed E-state index contributed by atoms with van der Waals surface area (Å²) < 4.78 is 4.83. The molecule has 1 rings (SSSR count). The first-order valence-corrected chi connectivity index (χ1v) is 5.09. The van der Waals surface area contributed by atoms with Crippen LogP contribution in [-0.4, -0.2) is 28.5 Å². The van der Waals surface area contributed by atoms with Gasteiger partial charge in [-0.15, -0.1) is 0 Å². The summed E-state index contributed by atoms with van der Waals surface area (Å²) in [7, 11) is 1.33. The van der Waals surface area contributed by atoms with Crippen LogP contribution in [0.1, 0.15) is 13.3 Å². The van der Waals surface area contributed by atoms with E-state index in [0.29, 0.717) is 6.54 Å². The average molecular weight is 238 g/mol. The van der Waals surface area contributed by atoms with Crippen LogP contribution in [0.3, 0.4) is 0 Å². The summed E-state index contributed by atoms with van der Waals surface area (Å²) in [6, 6.07) is 0. The molecule has 17 heavy (non-hydrogen) atoms. The van der Waals surface area contributed by atoms with Crippen LogP contribution in [0.4, 0.5) is 11.5 Å². The third-order valence-electron chi connectivity index (χ3n) is 2.00. The van der Waals surface area contributed by atoms with Crippen molar-refractivity contribution in [1.82, 2.24) is 9.97 Å². The van der Waals surface area contributed by atoms with Gasteiger partial charge in [-0.1, -0.05) is 12.2 Å². The highest BCUT2D eigenvalue weighted by Crippen LogP contribution is 2.30. The number of ether oxygens (including phenoxy) is 1. The largest absolute Gasteiger partial charge is 0.476 e. The number of anilines is 1. The normalized spacial score (nSPS) is 10.5. The smallest absolute Gasteiger partial charge is 0.372 e. The molecule has 0 bridgehead atoms. The number of nitro groups is 1. The molecule has 0 aliphatic carbocycles. The summed E-state index contributed by atoms with van der Waals surface area (Å²) in [6.45, 7) is 2.47. The van der Waals surface area contributed by atoms with Gasteiger partial charge in [-0.3, -0.25) is 10.1 Å².